The summed E-state index contributed by atoms with van der Waals surface area (Å²) in [5.74, 6) is 0.683. The van der Waals surface area contributed by atoms with Gasteiger partial charge in [0.2, 0.25) is 0 Å². The summed E-state index contributed by atoms with van der Waals surface area (Å²) >= 11 is 1.83. The molecule has 0 aliphatic carbocycles. The largest absolute Gasteiger partial charge is 0.361 e. The number of carbonyl (C=O) groups excluding carboxylic acids is 1. The van der Waals surface area contributed by atoms with Crippen molar-refractivity contribution in [3.05, 3.63) is 17.0 Å². The Kier molecular flexibility index (Phi) is 3.23. The van der Waals surface area contributed by atoms with E-state index in [9.17, 15) is 4.79 Å². The molecule has 88 valence electrons. The van der Waals surface area contributed by atoms with Gasteiger partial charge in [0.1, 0.15) is 11.3 Å². The second kappa shape index (κ2) is 4.49. The molecule has 0 saturated carbocycles. The van der Waals surface area contributed by atoms with Crippen LogP contribution in [0.15, 0.2) is 4.52 Å². The first kappa shape index (κ1) is 11.5. The number of nitrogens with zero attached hydrogens (tertiary/aromatic N) is 2. The van der Waals surface area contributed by atoms with Gasteiger partial charge in [0.25, 0.3) is 5.91 Å². The zero-order valence-electron chi connectivity index (χ0n) is 9.82. The molecule has 0 N–H and O–H groups in total. The monoisotopic (exact) mass is 240 g/mol. The van der Waals surface area contributed by atoms with Gasteiger partial charge in [0.05, 0.1) is 5.69 Å². The fraction of sp³-hybridized carbons (Fsp3) is 0.636. The van der Waals surface area contributed by atoms with E-state index in [1.807, 2.05) is 23.6 Å². The van der Waals surface area contributed by atoms with E-state index >= 15 is 0 Å². The summed E-state index contributed by atoms with van der Waals surface area (Å²) in [6, 6.07) is 0. The van der Waals surface area contributed by atoms with Gasteiger partial charge in [0, 0.05) is 18.3 Å². The number of aryl methyl sites for hydroxylation is 2. The molecular formula is C11H16N2O2S. The highest BCUT2D eigenvalue weighted by atomic mass is 32.2. The summed E-state index contributed by atoms with van der Waals surface area (Å²) in [5.41, 5.74) is 1.33. The van der Waals surface area contributed by atoms with Gasteiger partial charge < -0.3 is 9.42 Å². The number of rotatable bonds is 2. The van der Waals surface area contributed by atoms with E-state index in [0.717, 1.165) is 19.5 Å². The minimum Gasteiger partial charge on any atom is -0.361 e. The van der Waals surface area contributed by atoms with E-state index < -0.39 is 0 Å². The molecule has 1 unspecified atom stereocenters. The van der Waals surface area contributed by atoms with Crippen molar-refractivity contribution in [1.29, 1.82) is 0 Å². The average molecular weight is 240 g/mol. The fourth-order valence-corrected chi connectivity index (χ4v) is 2.72. The van der Waals surface area contributed by atoms with Gasteiger partial charge in [-0.25, -0.2) is 0 Å². The van der Waals surface area contributed by atoms with Crippen LogP contribution >= 0.6 is 11.8 Å². The SMILES string of the molecule is CSC1CCN(C(=O)c2c(C)noc2C)C1. The second-order valence-electron chi connectivity index (χ2n) is 4.10. The van der Waals surface area contributed by atoms with E-state index in [4.69, 9.17) is 4.52 Å². The third-order valence-corrected chi connectivity index (χ3v) is 4.06. The molecule has 1 aliphatic rings. The lowest BCUT2D eigenvalue weighted by Gasteiger charge is -2.15. The fourth-order valence-electron chi connectivity index (χ4n) is 2.05. The summed E-state index contributed by atoms with van der Waals surface area (Å²) in [4.78, 5) is 14.1. The van der Waals surface area contributed by atoms with E-state index in [1.54, 1.807) is 6.92 Å². The number of thioether (sulfide) groups is 1. The van der Waals surface area contributed by atoms with Crippen molar-refractivity contribution in [3.63, 3.8) is 0 Å². The smallest absolute Gasteiger partial charge is 0.259 e. The molecule has 4 nitrogen and oxygen atoms in total. The highest BCUT2D eigenvalue weighted by Crippen LogP contribution is 2.23. The Hall–Kier alpha value is -0.970. The van der Waals surface area contributed by atoms with E-state index in [-0.39, 0.29) is 5.91 Å². The predicted octanol–water partition coefficient (Wildman–Crippen LogP) is 1.87. The van der Waals surface area contributed by atoms with Crippen LogP contribution in [0.25, 0.3) is 0 Å². The van der Waals surface area contributed by atoms with Gasteiger partial charge in [-0.1, -0.05) is 5.16 Å². The number of likely N-dealkylation sites (tertiary alicyclic amines) is 1. The first-order valence-corrected chi connectivity index (χ1v) is 6.67. The molecule has 1 atom stereocenters. The zero-order chi connectivity index (χ0) is 11.7. The van der Waals surface area contributed by atoms with Crippen LogP contribution in [-0.2, 0) is 0 Å². The minimum atomic E-state index is 0.0628. The lowest BCUT2D eigenvalue weighted by molar-refractivity contribution is 0.0791. The molecule has 0 radical (unpaired) electrons. The number of hydrogen-bond donors (Lipinski definition) is 0. The van der Waals surface area contributed by atoms with Crippen molar-refractivity contribution in [1.82, 2.24) is 10.1 Å². The topological polar surface area (TPSA) is 46.3 Å². The van der Waals surface area contributed by atoms with Gasteiger partial charge >= 0.3 is 0 Å². The molecule has 0 bridgehead atoms. The molecule has 5 heteroatoms. The lowest BCUT2D eigenvalue weighted by atomic mass is 10.2. The van der Waals surface area contributed by atoms with Gasteiger partial charge in [-0.3, -0.25) is 4.79 Å². The van der Waals surface area contributed by atoms with Crippen molar-refractivity contribution < 1.29 is 9.32 Å². The van der Waals surface area contributed by atoms with Gasteiger partial charge in [-0.15, -0.1) is 0 Å². The highest BCUT2D eigenvalue weighted by molar-refractivity contribution is 7.99. The third-order valence-electron chi connectivity index (χ3n) is 3.01. The van der Waals surface area contributed by atoms with Gasteiger partial charge in [-0.2, -0.15) is 11.8 Å². The van der Waals surface area contributed by atoms with Crippen LogP contribution in [0.2, 0.25) is 0 Å². The summed E-state index contributed by atoms with van der Waals surface area (Å²) < 4.78 is 5.03. The summed E-state index contributed by atoms with van der Waals surface area (Å²) in [6.07, 6.45) is 3.17. The lowest BCUT2D eigenvalue weighted by Crippen LogP contribution is -2.29. The molecule has 1 aromatic heterocycles. The summed E-state index contributed by atoms with van der Waals surface area (Å²) in [6.45, 7) is 5.28. The molecule has 2 rings (SSSR count). The quantitative estimate of drug-likeness (QED) is 0.791. The Bertz CT molecular complexity index is 383. The van der Waals surface area contributed by atoms with Crippen LogP contribution < -0.4 is 0 Å². The van der Waals surface area contributed by atoms with Crippen molar-refractivity contribution in [2.45, 2.75) is 25.5 Å². The standard InChI is InChI=1S/C11H16N2O2S/c1-7-10(8(2)15-12-7)11(14)13-5-4-9(6-13)16-3/h9H,4-6H2,1-3H3. The maximum absolute atomic E-state index is 12.2. The van der Waals surface area contributed by atoms with Crippen molar-refractivity contribution in [2.75, 3.05) is 19.3 Å². The Balaban J connectivity index is 2.15. The molecule has 0 spiro atoms. The van der Waals surface area contributed by atoms with Crippen molar-refractivity contribution in [2.24, 2.45) is 0 Å². The third kappa shape index (κ3) is 1.96. The summed E-state index contributed by atoms with van der Waals surface area (Å²) in [5, 5.41) is 4.39. The van der Waals surface area contributed by atoms with Crippen LogP contribution in [0.5, 0.6) is 0 Å². The normalized spacial score (nSPS) is 20.4. The molecule has 1 aliphatic heterocycles. The molecule has 1 saturated heterocycles. The minimum absolute atomic E-state index is 0.0628. The van der Waals surface area contributed by atoms with Gasteiger partial charge in [0.15, 0.2) is 0 Å². The van der Waals surface area contributed by atoms with Crippen LogP contribution in [0.4, 0.5) is 0 Å². The van der Waals surface area contributed by atoms with Crippen LogP contribution in [-0.4, -0.2) is 40.6 Å². The Morgan fingerprint density at radius 3 is 2.81 bits per heavy atom. The van der Waals surface area contributed by atoms with Gasteiger partial charge in [-0.05, 0) is 26.5 Å². The molecular weight excluding hydrogens is 224 g/mol. The van der Waals surface area contributed by atoms with Crippen molar-refractivity contribution in [3.8, 4) is 0 Å². The Morgan fingerprint density at radius 1 is 1.56 bits per heavy atom. The number of amides is 1. The summed E-state index contributed by atoms with van der Waals surface area (Å²) in [7, 11) is 0. The van der Waals surface area contributed by atoms with Crippen LogP contribution in [0.1, 0.15) is 28.2 Å². The average Bonchev–Trinajstić information content (AvgIpc) is 2.85. The van der Waals surface area contributed by atoms with E-state index in [2.05, 4.69) is 11.4 Å². The van der Waals surface area contributed by atoms with E-state index in [1.165, 1.54) is 0 Å². The number of aromatic nitrogens is 1. The molecule has 2 heterocycles. The van der Waals surface area contributed by atoms with E-state index in [0.29, 0.717) is 22.3 Å². The molecule has 16 heavy (non-hydrogen) atoms. The highest BCUT2D eigenvalue weighted by Gasteiger charge is 2.29. The molecule has 1 amide bonds. The zero-order valence-corrected chi connectivity index (χ0v) is 10.6. The van der Waals surface area contributed by atoms with Crippen LogP contribution in [0.3, 0.4) is 0 Å². The first-order chi connectivity index (χ1) is 7.63. The predicted molar refractivity (Wildman–Crippen MR) is 63.8 cm³/mol. The second-order valence-corrected chi connectivity index (χ2v) is 5.23. The molecule has 1 fully saturated rings. The maximum atomic E-state index is 12.2. The molecule has 0 aromatic carbocycles. The molecule has 1 aromatic rings. The first-order valence-electron chi connectivity index (χ1n) is 5.38. The van der Waals surface area contributed by atoms with Crippen LogP contribution in [0, 0.1) is 13.8 Å². The maximum Gasteiger partial charge on any atom is 0.259 e. The number of carbonyl (C=O) groups is 1. The number of hydrogen-bond acceptors (Lipinski definition) is 4. The Morgan fingerprint density at radius 2 is 2.31 bits per heavy atom. The van der Waals surface area contributed by atoms with Crippen molar-refractivity contribution >= 4 is 17.7 Å². The Labute approximate surface area is 99.4 Å².